The van der Waals surface area contributed by atoms with Gasteiger partial charge in [-0.25, -0.2) is 9.97 Å². The van der Waals surface area contributed by atoms with Crippen LogP contribution in [0.1, 0.15) is 40.5 Å². The molecule has 25 heavy (non-hydrogen) atoms. The molecule has 0 amide bonds. The lowest BCUT2D eigenvalue weighted by atomic mass is 9.79. The molecule has 1 aliphatic rings. The lowest BCUT2D eigenvalue weighted by molar-refractivity contribution is 0.170. The van der Waals surface area contributed by atoms with Crippen LogP contribution in [-0.2, 0) is 0 Å². The molecule has 3 heterocycles. The van der Waals surface area contributed by atoms with Gasteiger partial charge in [-0.1, -0.05) is 0 Å². The van der Waals surface area contributed by atoms with Gasteiger partial charge in [0.1, 0.15) is 12.0 Å². The van der Waals surface area contributed by atoms with Crippen molar-refractivity contribution in [1.82, 2.24) is 20.3 Å². The minimum absolute atomic E-state index is 0.0549. The number of nitrogens with one attached hydrogen (secondary N) is 3. The van der Waals surface area contributed by atoms with Crippen molar-refractivity contribution in [3.8, 4) is 0 Å². The summed E-state index contributed by atoms with van der Waals surface area (Å²) in [6.45, 7) is 8.90. The first-order chi connectivity index (χ1) is 11.7. The number of nitrogen functional groups attached to an aromatic ring is 1. The van der Waals surface area contributed by atoms with Crippen molar-refractivity contribution >= 4 is 23.0 Å². The SMILES string of the molecule is CC1(C)CC(Nc2ncnc(Nc3ccncc3)c2N)CC(C)(C)N1. The monoisotopic (exact) mass is 341 g/mol. The second-order valence-corrected chi connectivity index (χ2v) is 7.99. The molecule has 1 fully saturated rings. The molecule has 3 rings (SSSR count). The number of aromatic nitrogens is 3. The van der Waals surface area contributed by atoms with Gasteiger partial charge in [-0.15, -0.1) is 0 Å². The zero-order valence-corrected chi connectivity index (χ0v) is 15.3. The summed E-state index contributed by atoms with van der Waals surface area (Å²) in [7, 11) is 0. The Morgan fingerprint density at radius 2 is 1.64 bits per heavy atom. The quantitative estimate of drug-likeness (QED) is 0.678. The molecular formula is C18H27N7. The molecule has 2 aromatic heterocycles. The van der Waals surface area contributed by atoms with Gasteiger partial charge in [-0.05, 0) is 52.7 Å². The number of piperidine rings is 1. The standard InChI is InChI=1S/C18H27N7/c1-17(2)9-13(10-18(3,4)25-17)24-16-14(19)15(21-11-22-16)23-12-5-7-20-8-6-12/h5-8,11,13,25H,9-10,19H2,1-4H3,(H2,20,21,22,23,24). The molecule has 0 unspecified atom stereocenters. The number of hydrogen-bond acceptors (Lipinski definition) is 7. The van der Waals surface area contributed by atoms with E-state index in [1.165, 1.54) is 6.33 Å². The second-order valence-electron chi connectivity index (χ2n) is 7.99. The van der Waals surface area contributed by atoms with E-state index in [2.05, 4.69) is 58.6 Å². The van der Waals surface area contributed by atoms with Gasteiger partial charge in [0, 0.05) is 35.2 Å². The first kappa shape index (κ1) is 17.4. The third kappa shape index (κ3) is 4.36. The van der Waals surface area contributed by atoms with Gasteiger partial charge in [0.2, 0.25) is 0 Å². The number of hydrogen-bond donors (Lipinski definition) is 4. The third-order valence-corrected chi connectivity index (χ3v) is 4.36. The summed E-state index contributed by atoms with van der Waals surface area (Å²) in [6, 6.07) is 4.02. The van der Waals surface area contributed by atoms with Gasteiger partial charge >= 0.3 is 0 Å². The van der Waals surface area contributed by atoms with Gasteiger partial charge < -0.3 is 21.7 Å². The molecule has 7 nitrogen and oxygen atoms in total. The number of nitrogens with two attached hydrogens (primary N) is 1. The molecule has 0 aliphatic carbocycles. The Balaban J connectivity index is 1.78. The van der Waals surface area contributed by atoms with E-state index < -0.39 is 0 Å². The van der Waals surface area contributed by atoms with E-state index in [4.69, 9.17) is 5.73 Å². The summed E-state index contributed by atoms with van der Waals surface area (Å²) in [4.78, 5) is 12.6. The van der Waals surface area contributed by atoms with Crippen molar-refractivity contribution in [3.05, 3.63) is 30.9 Å². The average molecular weight is 341 g/mol. The molecule has 134 valence electrons. The van der Waals surface area contributed by atoms with Crippen molar-refractivity contribution in [2.24, 2.45) is 0 Å². The second kappa shape index (κ2) is 6.48. The number of pyridine rings is 1. The minimum atomic E-state index is 0.0549. The van der Waals surface area contributed by atoms with Crippen LogP contribution < -0.4 is 21.7 Å². The Bertz CT molecular complexity index is 711. The highest BCUT2D eigenvalue weighted by Crippen LogP contribution is 2.32. The average Bonchev–Trinajstić information content (AvgIpc) is 2.49. The summed E-state index contributed by atoms with van der Waals surface area (Å²) in [5.41, 5.74) is 7.82. The predicted molar refractivity (Wildman–Crippen MR) is 102 cm³/mol. The molecular weight excluding hydrogens is 314 g/mol. The van der Waals surface area contributed by atoms with E-state index in [0.717, 1.165) is 18.5 Å². The van der Waals surface area contributed by atoms with Gasteiger partial charge in [0.25, 0.3) is 0 Å². The lowest BCUT2D eigenvalue weighted by Crippen LogP contribution is -2.60. The Morgan fingerprint density at radius 3 is 2.28 bits per heavy atom. The molecule has 1 saturated heterocycles. The van der Waals surface area contributed by atoms with E-state index in [1.807, 2.05) is 12.1 Å². The largest absolute Gasteiger partial charge is 0.393 e. The molecule has 5 N–H and O–H groups in total. The van der Waals surface area contributed by atoms with Crippen LogP contribution in [0.15, 0.2) is 30.9 Å². The van der Waals surface area contributed by atoms with Crippen LogP contribution in [0, 0.1) is 0 Å². The van der Waals surface area contributed by atoms with Crippen molar-refractivity contribution in [1.29, 1.82) is 0 Å². The van der Waals surface area contributed by atoms with Crippen LogP contribution in [-0.4, -0.2) is 32.1 Å². The minimum Gasteiger partial charge on any atom is -0.393 e. The fraction of sp³-hybridized carbons (Fsp3) is 0.500. The Kier molecular flexibility index (Phi) is 4.51. The van der Waals surface area contributed by atoms with Crippen LogP contribution in [0.25, 0.3) is 0 Å². The van der Waals surface area contributed by atoms with E-state index in [1.54, 1.807) is 12.4 Å². The summed E-state index contributed by atoms with van der Waals surface area (Å²) in [5.74, 6) is 1.27. The van der Waals surface area contributed by atoms with Crippen LogP contribution in [0.2, 0.25) is 0 Å². The summed E-state index contributed by atoms with van der Waals surface area (Å²) >= 11 is 0. The maximum atomic E-state index is 6.30. The highest BCUT2D eigenvalue weighted by Gasteiger charge is 2.37. The smallest absolute Gasteiger partial charge is 0.159 e. The van der Waals surface area contributed by atoms with Gasteiger partial charge in [0.15, 0.2) is 11.6 Å². The van der Waals surface area contributed by atoms with Gasteiger partial charge in [-0.3, -0.25) is 4.98 Å². The summed E-state index contributed by atoms with van der Waals surface area (Å²) in [6.07, 6.45) is 6.95. The molecule has 0 atom stereocenters. The maximum Gasteiger partial charge on any atom is 0.159 e. The van der Waals surface area contributed by atoms with Crippen LogP contribution in [0.3, 0.4) is 0 Å². The van der Waals surface area contributed by atoms with Crippen molar-refractivity contribution in [3.63, 3.8) is 0 Å². The number of anilines is 4. The molecule has 7 heteroatoms. The summed E-state index contributed by atoms with van der Waals surface area (Å²) in [5, 5.41) is 10.4. The van der Waals surface area contributed by atoms with Crippen molar-refractivity contribution in [2.45, 2.75) is 57.7 Å². The van der Waals surface area contributed by atoms with Crippen molar-refractivity contribution < 1.29 is 0 Å². The maximum absolute atomic E-state index is 6.30. The third-order valence-electron chi connectivity index (χ3n) is 4.36. The number of rotatable bonds is 4. The molecule has 0 saturated carbocycles. The molecule has 2 aromatic rings. The fourth-order valence-corrected chi connectivity index (χ4v) is 3.80. The first-order valence-corrected chi connectivity index (χ1v) is 8.57. The lowest BCUT2D eigenvalue weighted by Gasteiger charge is -2.46. The predicted octanol–water partition coefficient (Wildman–Crippen LogP) is 2.92. The zero-order chi connectivity index (χ0) is 18.1. The number of nitrogens with zero attached hydrogens (tertiary/aromatic N) is 3. The Morgan fingerprint density at radius 1 is 1.04 bits per heavy atom. The Labute approximate surface area is 148 Å². The molecule has 0 spiro atoms. The van der Waals surface area contributed by atoms with Crippen LogP contribution in [0.5, 0.6) is 0 Å². The van der Waals surface area contributed by atoms with E-state index >= 15 is 0 Å². The van der Waals surface area contributed by atoms with Gasteiger partial charge in [0.05, 0.1) is 0 Å². The Hall–Kier alpha value is -2.41. The highest BCUT2D eigenvalue weighted by molar-refractivity contribution is 5.77. The van der Waals surface area contributed by atoms with Gasteiger partial charge in [-0.2, -0.15) is 0 Å². The summed E-state index contributed by atoms with van der Waals surface area (Å²) < 4.78 is 0. The molecule has 0 radical (unpaired) electrons. The zero-order valence-electron chi connectivity index (χ0n) is 15.3. The normalized spacial score (nSPS) is 19.4. The van der Waals surface area contributed by atoms with Crippen LogP contribution >= 0.6 is 0 Å². The van der Waals surface area contributed by atoms with E-state index in [9.17, 15) is 0 Å². The molecule has 1 aliphatic heterocycles. The molecule has 0 bridgehead atoms. The van der Waals surface area contributed by atoms with Crippen LogP contribution in [0.4, 0.5) is 23.0 Å². The molecule has 0 aromatic carbocycles. The van der Waals surface area contributed by atoms with Crippen molar-refractivity contribution in [2.75, 3.05) is 16.4 Å². The fourth-order valence-electron chi connectivity index (χ4n) is 3.80. The van der Waals surface area contributed by atoms with E-state index in [-0.39, 0.29) is 17.1 Å². The highest BCUT2D eigenvalue weighted by atomic mass is 15.1. The van der Waals surface area contributed by atoms with E-state index in [0.29, 0.717) is 17.3 Å². The topological polar surface area (TPSA) is 101 Å². The first-order valence-electron chi connectivity index (χ1n) is 8.57.